The first-order valence-electron chi connectivity index (χ1n) is 8.54. The van der Waals surface area contributed by atoms with E-state index in [0.29, 0.717) is 31.0 Å². The van der Waals surface area contributed by atoms with Crippen LogP contribution in [0.2, 0.25) is 0 Å². The monoisotopic (exact) mass is 323 g/mol. The molecule has 24 heavy (non-hydrogen) atoms. The topological polar surface area (TPSA) is 56.4 Å². The molecule has 0 unspecified atom stereocenters. The summed E-state index contributed by atoms with van der Waals surface area (Å²) >= 11 is 0. The van der Waals surface area contributed by atoms with Crippen LogP contribution in [0.5, 0.6) is 0 Å². The van der Waals surface area contributed by atoms with Crippen LogP contribution in [0.25, 0.3) is 0 Å². The Morgan fingerprint density at radius 2 is 1.75 bits per heavy atom. The van der Waals surface area contributed by atoms with E-state index >= 15 is 0 Å². The maximum absolute atomic E-state index is 12.8. The van der Waals surface area contributed by atoms with Gasteiger partial charge in [-0.2, -0.15) is 0 Å². The molecule has 1 aromatic heterocycles. The third-order valence-corrected chi connectivity index (χ3v) is 5.00. The highest BCUT2D eigenvalue weighted by molar-refractivity contribution is 5.95. The third-order valence-electron chi connectivity index (χ3n) is 5.00. The zero-order chi connectivity index (χ0) is 16.5. The van der Waals surface area contributed by atoms with Crippen molar-refractivity contribution in [2.75, 3.05) is 13.1 Å². The van der Waals surface area contributed by atoms with Gasteiger partial charge < -0.3 is 4.98 Å². The number of carbonyl (C=O) groups is 2. The molecule has 1 aromatic carbocycles. The summed E-state index contributed by atoms with van der Waals surface area (Å²) in [6, 6.07) is 10.2. The van der Waals surface area contributed by atoms with Gasteiger partial charge in [0.2, 0.25) is 5.91 Å². The van der Waals surface area contributed by atoms with E-state index < -0.39 is 0 Å². The second-order valence-corrected chi connectivity index (χ2v) is 6.65. The highest BCUT2D eigenvalue weighted by atomic mass is 16.2. The molecule has 1 aliphatic heterocycles. The number of H-pyrrole nitrogens is 1. The van der Waals surface area contributed by atoms with E-state index in [1.54, 1.807) is 28.5 Å². The average molecular weight is 323 g/mol. The van der Waals surface area contributed by atoms with Gasteiger partial charge in [0.1, 0.15) is 0 Å². The predicted molar refractivity (Wildman–Crippen MR) is 90.1 cm³/mol. The van der Waals surface area contributed by atoms with Crippen LogP contribution in [0.15, 0.2) is 42.7 Å². The second-order valence-electron chi connectivity index (χ2n) is 6.65. The van der Waals surface area contributed by atoms with Crippen molar-refractivity contribution in [2.45, 2.75) is 25.7 Å². The van der Waals surface area contributed by atoms with Crippen molar-refractivity contribution in [3.05, 3.63) is 59.4 Å². The summed E-state index contributed by atoms with van der Waals surface area (Å²) in [5.41, 5.74) is 3.32. The molecule has 2 amide bonds. The summed E-state index contributed by atoms with van der Waals surface area (Å²) in [5, 5.41) is 3.26. The SMILES string of the molecule is O=C(CC1Cc2ccccc2C1)N1CCCN1C(=O)c1cc[nH]c1. The lowest BCUT2D eigenvalue weighted by molar-refractivity contribution is -0.141. The Labute approximate surface area is 141 Å². The Morgan fingerprint density at radius 1 is 1.04 bits per heavy atom. The predicted octanol–water partition coefficient (Wildman–Crippen LogP) is 2.41. The van der Waals surface area contributed by atoms with Gasteiger partial charge in [0.25, 0.3) is 5.91 Å². The zero-order valence-electron chi connectivity index (χ0n) is 13.6. The van der Waals surface area contributed by atoms with Crippen molar-refractivity contribution < 1.29 is 9.59 Å². The summed E-state index contributed by atoms with van der Waals surface area (Å²) in [7, 11) is 0. The summed E-state index contributed by atoms with van der Waals surface area (Å²) < 4.78 is 0. The number of fused-ring (bicyclic) bond motifs is 1. The molecule has 0 bridgehead atoms. The summed E-state index contributed by atoms with van der Waals surface area (Å²) in [5.74, 6) is 0.311. The molecule has 124 valence electrons. The van der Waals surface area contributed by atoms with Gasteiger partial charge in [-0.25, -0.2) is 5.01 Å². The van der Waals surface area contributed by atoms with Gasteiger partial charge in [-0.1, -0.05) is 24.3 Å². The maximum atomic E-state index is 12.8. The molecule has 1 N–H and O–H groups in total. The fourth-order valence-electron chi connectivity index (χ4n) is 3.83. The number of rotatable bonds is 3. The van der Waals surface area contributed by atoms with Crippen molar-refractivity contribution in [3.63, 3.8) is 0 Å². The van der Waals surface area contributed by atoms with E-state index in [1.165, 1.54) is 11.1 Å². The lowest BCUT2D eigenvalue weighted by Crippen LogP contribution is -2.45. The number of aromatic amines is 1. The van der Waals surface area contributed by atoms with Crippen molar-refractivity contribution >= 4 is 11.8 Å². The highest BCUT2D eigenvalue weighted by Gasteiger charge is 2.33. The van der Waals surface area contributed by atoms with E-state index in [9.17, 15) is 9.59 Å². The molecule has 1 saturated heterocycles. The number of nitrogens with zero attached hydrogens (tertiary/aromatic N) is 2. The van der Waals surface area contributed by atoms with E-state index in [2.05, 4.69) is 29.2 Å². The van der Waals surface area contributed by atoms with E-state index in [1.807, 2.05) is 0 Å². The van der Waals surface area contributed by atoms with Crippen LogP contribution in [-0.2, 0) is 17.6 Å². The van der Waals surface area contributed by atoms with Gasteiger partial charge in [-0.3, -0.25) is 14.6 Å². The lowest BCUT2D eigenvalue weighted by atomic mass is 10.0. The summed E-state index contributed by atoms with van der Waals surface area (Å²) in [6.45, 7) is 1.25. The molecule has 2 heterocycles. The van der Waals surface area contributed by atoms with E-state index in [0.717, 1.165) is 19.3 Å². The molecule has 1 aliphatic carbocycles. The molecule has 5 nitrogen and oxygen atoms in total. The van der Waals surface area contributed by atoms with Gasteiger partial charge in [0, 0.05) is 31.9 Å². The fraction of sp³-hybridized carbons (Fsp3) is 0.368. The van der Waals surface area contributed by atoms with Crippen LogP contribution in [0.3, 0.4) is 0 Å². The molecular formula is C19H21N3O2. The van der Waals surface area contributed by atoms with E-state index in [4.69, 9.17) is 0 Å². The van der Waals surface area contributed by atoms with Gasteiger partial charge in [0.15, 0.2) is 0 Å². The highest BCUT2D eigenvalue weighted by Crippen LogP contribution is 2.29. The largest absolute Gasteiger partial charge is 0.367 e. The Bertz CT molecular complexity index is 729. The van der Waals surface area contributed by atoms with Gasteiger partial charge in [-0.05, 0) is 42.4 Å². The first-order valence-corrected chi connectivity index (χ1v) is 8.54. The van der Waals surface area contributed by atoms with Crippen LogP contribution in [0.1, 0.15) is 34.3 Å². The molecule has 4 rings (SSSR count). The minimum Gasteiger partial charge on any atom is -0.367 e. The number of benzene rings is 1. The first-order chi connectivity index (χ1) is 11.7. The summed E-state index contributed by atoms with van der Waals surface area (Å²) in [4.78, 5) is 28.2. The average Bonchev–Trinajstić information content (AvgIpc) is 3.32. The Kier molecular flexibility index (Phi) is 3.84. The Hall–Kier alpha value is -2.56. The van der Waals surface area contributed by atoms with Gasteiger partial charge in [-0.15, -0.1) is 0 Å². The van der Waals surface area contributed by atoms with Crippen molar-refractivity contribution in [2.24, 2.45) is 5.92 Å². The molecule has 5 heteroatoms. The molecule has 0 radical (unpaired) electrons. The maximum Gasteiger partial charge on any atom is 0.273 e. The van der Waals surface area contributed by atoms with Crippen LogP contribution in [0, 0.1) is 5.92 Å². The Balaban J connectivity index is 1.42. The summed E-state index contributed by atoms with van der Waals surface area (Å²) in [6.07, 6.45) is 6.67. The van der Waals surface area contributed by atoms with Crippen molar-refractivity contribution in [3.8, 4) is 0 Å². The van der Waals surface area contributed by atoms with Crippen LogP contribution in [-0.4, -0.2) is 39.9 Å². The number of amides is 2. The molecule has 2 aliphatic rings. The van der Waals surface area contributed by atoms with Crippen molar-refractivity contribution in [1.82, 2.24) is 15.0 Å². The van der Waals surface area contributed by atoms with Gasteiger partial charge in [0.05, 0.1) is 5.56 Å². The number of nitrogens with one attached hydrogen (secondary N) is 1. The standard InChI is InChI=1S/C19H21N3O2/c23-18(12-14-10-15-4-1-2-5-16(15)11-14)21-8-3-9-22(21)19(24)17-6-7-20-13-17/h1-2,4-7,13-14,20H,3,8-12H2. The molecular weight excluding hydrogens is 302 g/mol. The minimum absolute atomic E-state index is 0.0641. The molecule has 2 aromatic rings. The van der Waals surface area contributed by atoms with Crippen molar-refractivity contribution in [1.29, 1.82) is 0 Å². The van der Waals surface area contributed by atoms with E-state index in [-0.39, 0.29) is 11.8 Å². The second kappa shape index (κ2) is 6.15. The Morgan fingerprint density at radius 3 is 2.42 bits per heavy atom. The molecule has 0 atom stereocenters. The smallest absolute Gasteiger partial charge is 0.273 e. The lowest BCUT2D eigenvalue weighted by Gasteiger charge is -2.28. The molecule has 0 spiro atoms. The van der Waals surface area contributed by atoms with Crippen LogP contribution in [0.4, 0.5) is 0 Å². The molecule has 0 saturated carbocycles. The quantitative estimate of drug-likeness (QED) is 0.943. The minimum atomic E-state index is -0.100. The van der Waals surface area contributed by atoms with Gasteiger partial charge >= 0.3 is 0 Å². The number of hydrogen-bond donors (Lipinski definition) is 1. The normalized spacial score (nSPS) is 17.3. The number of hydrogen-bond acceptors (Lipinski definition) is 2. The molecule has 1 fully saturated rings. The fourth-order valence-corrected chi connectivity index (χ4v) is 3.83. The zero-order valence-corrected chi connectivity index (χ0v) is 13.6. The first kappa shape index (κ1) is 15.0. The number of hydrazine groups is 1. The van der Waals surface area contributed by atoms with Crippen LogP contribution >= 0.6 is 0 Å². The number of carbonyl (C=O) groups excluding carboxylic acids is 2. The third kappa shape index (κ3) is 2.70. The number of aromatic nitrogens is 1. The van der Waals surface area contributed by atoms with Crippen LogP contribution < -0.4 is 0 Å².